The van der Waals surface area contributed by atoms with Crippen LogP contribution in [0.3, 0.4) is 0 Å². The molecule has 4 N–H and O–H groups in total. The molecule has 0 aliphatic heterocycles. The number of halogens is 1. The zero-order chi connectivity index (χ0) is 13.8. The van der Waals surface area contributed by atoms with Gasteiger partial charge in [0, 0.05) is 19.3 Å². The second kappa shape index (κ2) is 7.25. The van der Waals surface area contributed by atoms with E-state index in [1.165, 1.54) is 10.9 Å². The van der Waals surface area contributed by atoms with Crippen LogP contribution in [0, 0.1) is 5.92 Å². The molecule has 2 rings (SSSR count). The highest BCUT2D eigenvalue weighted by Gasteiger charge is 2.30. The molecule has 1 aliphatic rings. The molecule has 0 aromatic carbocycles. The molecule has 1 heterocycles. The predicted octanol–water partition coefficient (Wildman–Crippen LogP) is 0.117. The number of aromatic nitrogens is 2. The monoisotopic (exact) mass is 301 g/mol. The fourth-order valence-electron chi connectivity index (χ4n) is 2.29. The minimum atomic E-state index is -0.140. The topological polar surface area (TPSA) is 102 Å². The number of hydrogen-bond acceptors (Lipinski definition) is 4. The molecule has 0 bridgehead atoms. The van der Waals surface area contributed by atoms with Crippen molar-refractivity contribution in [2.45, 2.75) is 31.8 Å². The first-order valence-electron chi connectivity index (χ1n) is 6.39. The van der Waals surface area contributed by atoms with Gasteiger partial charge in [-0.15, -0.1) is 12.4 Å². The molecule has 1 fully saturated rings. The lowest BCUT2D eigenvalue weighted by Crippen LogP contribution is -2.34. The van der Waals surface area contributed by atoms with E-state index < -0.39 is 0 Å². The number of carbonyl (C=O) groups is 2. The van der Waals surface area contributed by atoms with Crippen LogP contribution in [-0.2, 0) is 16.1 Å². The van der Waals surface area contributed by atoms with Gasteiger partial charge in [0.2, 0.25) is 11.8 Å². The Labute approximate surface area is 123 Å². The van der Waals surface area contributed by atoms with Gasteiger partial charge in [-0.1, -0.05) is 6.42 Å². The van der Waals surface area contributed by atoms with E-state index in [1.807, 2.05) is 0 Å². The van der Waals surface area contributed by atoms with E-state index in [-0.39, 0.29) is 42.7 Å². The van der Waals surface area contributed by atoms with Gasteiger partial charge < -0.3 is 16.4 Å². The number of hydrogen-bond donors (Lipinski definition) is 3. The van der Waals surface area contributed by atoms with E-state index in [0.717, 1.165) is 19.3 Å². The van der Waals surface area contributed by atoms with Crippen molar-refractivity contribution in [3.05, 3.63) is 12.4 Å². The standard InChI is InChI=1S/C12H19N5O2.ClH/c1-14-11(18)7-17-6-8(5-15-17)16-12(19)9-3-2-4-10(9)13;/h5-6,9-10H,2-4,7,13H2,1H3,(H,14,18)(H,16,19);1H. The Bertz CT molecular complexity index is 476. The molecule has 1 aromatic heterocycles. The maximum Gasteiger partial charge on any atom is 0.241 e. The smallest absolute Gasteiger partial charge is 0.241 e. The largest absolute Gasteiger partial charge is 0.358 e. The molecular formula is C12H20ClN5O2. The summed E-state index contributed by atoms with van der Waals surface area (Å²) in [5, 5.41) is 9.32. The van der Waals surface area contributed by atoms with Gasteiger partial charge in [0.15, 0.2) is 0 Å². The van der Waals surface area contributed by atoms with Gasteiger partial charge in [-0.2, -0.15) is 5.10 Å². The Morgan fingerprint density at radius 2 is 2.25 bits per heavy atom. The molecule has 1 saturated carbocycles. The van der Waals surface area contributed by atoms with Crippen molar-refractivity contribution in [3.8, 4) is 0 Å². The SMILES string of the molecule is CNC(=O)Cn1cc(NC(=O)C2CCCC2N)cn1.Cl. The third-order valence-electron chi connectivity index (χ3n) is 3.39. The maximum atomic E-state index is 12.0. The summed E-state index contributed by atoms with van der Waals surface area (Å²) in [5.74, 6) is -0.328. The lowest BCUT2D eigenvalue weighted by atomic mass is 10.0. The van der Waals surface area contributed by atoms with Crippen LogP contribution in [-0.4, -0.2) is 34.7 Å². The third-order valence-corrected chi connectivity index (χ3v) is 3.39. The number of amides is 2. The second-order valence-electron chi connectivity index (χ2n) is 4.79. The quantitative estimate of drug-likeness (QED) is 0.735. The first kappa shape index (κ1) is 16.5. The average molecular weight is 302 g/mol. The molecule has 2 amide bonds. The van der Waals surface area contributed by atoms with Crippen molar-refractivity contribution in [1.82, 2.24) is 15.1 Å². The molecule has 112 valence electrons. The number of nitrogens with two attached hydrogens (primary N) is 1. The fourth-order valence-corrected chi connectivity index (χ4v) is 2.29. The van der Waals surface area contributed by atoms with Gasteiger partial charge in [-0.25, -0.2) is 0 Å². The van der Waals surface area contributed by atoms with Crippen molar-refractivity contribution in [2.24, 2.45) is 11.7 Å². The van der Waals surface area contributed by atoms with Gasteiger partial charge in [0.25, 0.3) is 0 Å². The predicted molar refractivity (Wildman–Crippen MR) is 77.5 cm³/mol. The second-order valence-corrected chi connectivity index (χ2v) is 4.79. The van der Waals surface area contributed by atoms with Crippen molar-refractivity contribution in [3.63, 3.8) is 0 Å². The van der Waals surface area contributed by atoms with E-state index in [9.17, 15) is 9.59 Å². The Morgan fingerprint density at radius 1 is 1.50 bits per heavy atom. The number of rotatable bonds is 4. The molecule has 8 heteroatoms. The summed E-state index contributed by atoms with van der Waals surface area (Å²) >= 11 is 0. The van der Waals surface area contributed by atoms with Gasteiger partial charge in [0.1, 0.15) is 6.54 Å². The van der Waals surface area contributed by atoms with Crippen molar-refractivity contribution in [1.29, 1.82) is 0 Å². The molecule has 7 nitrogen and oxygen atoms in total. The zero-order valence-corrected chi connectivity index (χ0v) is 12.2. The molecule has 0 spiro atoms. The third kappa shape index (κ3) is 3.94. The number of carbonyl (C=O) groups excluding carboxylic acids is 2. The van der Waals surface area contributed by atoms with Crippen LogP contribution in [0.4, 0.5) is 5.69 Å². The molecule has 2 unspecified atom stereocenters. The summed E-state index contributed by atoms with van der Waals surface area (Å²) in [6, 6.07) is -0.0547. The summed E-state index contributed by atoms with van der Waals surface area (Å²) < 4.78 is 1.48. The van der Waals surface area contributed by atoms with Crippen LogP contribution in [0.5, 0.6) is 0 Å². The van der Waals surface area contributed by atoms with Crippen LogP contribution in [0.25, 0.3) is 0 Å². The van der Waals surface area contributed by atoms with E-state index in [2.05, 4.69) is 15.7 Å². The van der Waals surface area contributed by atoms with Crippen LogP contribution < -0.4 is 16.4 Å². The molecule has 1 aromatic rings. The van der Waals surface area contributed by atoms with Gasteiger partial charge in [-0.05, 0) is 12.8 Å². The zero-order valence-electron chi connectivity index (χ0n) is 11.3. The Morgan fingerprint density at radius 3 is 2.85 bits per heavy atom. The highest BCUT2D eigenvalue weighted by Crippen LogP contribution is 2.25. The number of nitrogens with one attached hydrogen (secondary N) is 2. The molecule has 1 aliphatic carbocycles. The fraction of sp³-hybridized carbons (Fsp3) is 0.583. The van der Waals surface area contributed by atoms with Gasteiger partial charge >= 0.3 is 0 Å². The minimum Gasteiger partial charge on any atom is -0.358 e. The molecule has 0 saturated heterocycles. The van der Waals surface area contributed by atoms with Crippen LogP contribution in [0.15, 0.2) is 12.4 Å². The molecule has 0 radical (unpaired) electrons. The van der Waals surface area contributed by atoms with Gasteiger partial charge in [-0.3, -0.25) is 14.3 Å². The number of likely N-dealkylation sites (N-methyl/N-ethyl adjacent to an activating group) is 1. The summed E-state index contributed by atoms with van der Waals surface area (Å²) in [7, 11) is 1.57. The van der Waals surface area contributed by atoms with Crippen molar-refractivity contribution < 1.29 is 9.59 Å². The lowest BCUT2D eigenvalue weighted by molar-refractivity contribution is -0.121. The lowest BCUT2D eigenvalue weighted by Gasteiger charge is -2.13. The Balaban J connectivity index is 0.00000200. The van der Waals surface area contributed by atoms with Gasteiger partial charge in [0.05, 0.1) is 17.8 Å². The Hall–Kier alpha value is -1.60. The molecule has 20 heavy (non-hydrogen) atoms. The summed E-state index contributed by atoms with van der Waals surface area (Å²) in [5.41, 5.74) is 6.48. The summed E-state index contributed by atoms with van der Waals surface area (Å²) in [6.45, 7) is 0.134. The molecule has 2 atom stereocenters. The summed E-state index contributed by atoms with van der Waals surface area (Å²) in [4.78, 5) is 23.2. The first-order chi connectivity index (χ1) is 9.10. The van der Waals surface area contributed by atoms with E-state index in [4.69, 9.17) is 5.73 Å². The molecular weight excluding hydrogens is 282 g/mol. The maximum absolute atomic E-state index is 12.0. The average Bonchev–Trinajstić information content (AvgIpc) is 2.98. The highest BCUT2D eigenvalue weighted by atomic mass is 35.5. The number of nitrogens with zero attached hydrogens (tertiary/aromatic N) is 2. The van der Waals surface area contributed by atoms with E-state index in [1.54, 1.807) is 13.2 Å². The summed E-state index contributed by atoms with van der Waals surface area (Å²) in [6.07, 6.45) is 5.89. The van der Waals surface area contributed by atoms with Crippen molar-refractivity contribution >= 4 is 29.9 Å². The highest BCUT2D eigenvalue weighted by molar-refractivity contribution is 5.93. The normalized spacial score (nSPS) is 21.1. The van der Waals surface area contributed by atoms with E-state index in [0.29, 0.717) is 5.69 Å². The van der Waals surface area contributed by atoms with Crippen LogP contribution in [0.1, 0.15) is 19.3 Å². The van der Waals surface area contributed by atoms with Crippen molar-refractivity contribution in [2.75, 3.05) is 12.4 Å². The Kier molecular flexibility index (Phi) is 5.97. The van der Waals surface area contributed by atoms with Crippen LogP contribution in [0.2, 0.25) is 0 Å². The van der Waals surface area contributed by atoms with Crippen LogP contribution >= 0.6 is 12.4 Å². The minimum absolute atomic E-state index is 0. The first-order valence-corrected chi connectivity index (χ1v) is 6.39. The number of anilines is 1. The van der Waals surface area contributed by atoms with E-state index >= 15 is 0 Å².